The van der Waals surface area contributed by atoms with Gasteiger partial charge in [-0.05, 0) is 59.6 Å². The van der Waals surface area contributed by atoms with Gasteiger partial charge in [0.25, 0.3) is 0 Å². The minimum atomic E-state index is -0.724. The van der Waals surface area contributed by atoms with Crippen molar-refractivity contribution in [2.24, 2.45) is 11.8 Å². The first-order valence-corrected chi connectivity index (χ1v) is 20.6. The maximum absolute atomic E-state index is 13.8. The van der Waals surface area contributed by atoms with Crippen LogP contribution in [0.3, 0.4) is 0 Å². The fourth-order valence-electron chi connectivity index (χ4n) is 7.64. The first-order chi connectivity index (χ1) is 27.3. The number of carbonyl (C=O) groups is 4. The van der Waals surface area contributed by atoms with Crippen LogP contribution in [0.1, 0.15) is 70.7 Å². The molecule has 300 valence electrons. The number of hydrogen-bond donors (Lipinski definition) is 4. The summed E-state index contributed by atoms with van der Waals surface area (Å²) < 4.78 is 9.54. The number of amides is 4. The molecule has 6 rings (SSSR count). The van der Waals surface area contributed by atoms with Gasteiger partial charge in [0.15, 0.2) is 0 Å². The van der Waals surface area contributed by atoms with Gasteiger partial charge in [0, 0.05) is 23.9 Å². The van der Waals surface area contributed by atoms with Crippen molar-refractivity contribution < 1.29 is 28.7 Å². The second kappa shape index (κ2) is 17.9. The molecule has 57 heavy (non-hydrogen) atoms. The lowest BCUT2D eigenvalue weighted by molar-refractivity contribution is -0.136. The van der Waals surface area contributed by atoms with Crippen LogP contribution in [0, 0.1) is 11.8 Å². The van der Waals surface area contributed by atoms with Gasteiger partial charge in [-0.1, -0.05) is 76.2 Å². The van der Waals surface area contributed by atoms with Crippen LogP contribution >= 0.6 is 11.8 Å². The Hall–Kier alpha value is -5.25. The van der Waals surface area contributed by atoms with E-state index in [2.05, 4.69) is 32.7 Å². The van der Waals surface area contributed by atoms with E-state index < -0.39 is 24.3 Å². The van der Waals surface area contributed by atoms with Gasteiger partial charge < -0.3 is 39.9 Å². The van der Waals surface area contributed by atoms with E-state index in [0.717, 1.165) is 47.2 Å². The standard InChI is InChI=1S/C41H51BN8O6S/c1-22(2)32(46-40(53)55-5)38(51)49-18-8-9-30(49)37-45-34(35(42)48-37)27-16-12-25(13-17-27)24-10-14-26(15-11-24)29-20-43-36(44-29)31-19-28(57-7)21-50(31)39(52)33(23(3)4)47-41(54)56-6/h10-17,20,22-23,28,30-33H,8-9,18-19,21H2,1-7H3,(H,43,44)(H,45,48)(H,46,53)(H,47,54)/t28-,30-,31-,32-,33-/m0/s1. The summed E-state index contributed by atoms with van der Waals surface area (Å²) in [6.07, 6.45) is 4.84. The molecule has 2 aliphatic rings. The molecule has 2 aliphatic heterocycles. The molecule has 2 radical (unpaired) electrons. The zero-order valence-corrected chi connectivity index (χ0v) is 34.3. The molecule has 4 N–H and O–H groups in total. The Bertz CT molecular complexity index is 2050. The first kappa shape index (κ1) is 41.4. The largest absolute Gasteiger partial charge is 0.453 e. The molecule has 0 unspecified atom stereocenters. The van der Waals surface area contributed by atoms with Gasteiger partial charge in [0.05, 0.1) is 43.9 Å². The van der Waals surface area contributed by atoms with Crippen LogP contribution in [0.2, 0.25) is 0 Å². The monoisotopic (exact) mass is 794 g/mol. The minimum Gasteiger partial charge on any atom is -0.453 e. The number of ether oxygens (including phenoxy) is 2. The number of aromatic amines is 2. The molecule has 0 spiro atoms. The van der Waals surface area contributed by atoms with E-state index in [0.29, 0.717) is 36.0 Å². The molecule has 16 heteroatoms. The lowest BCUT2D eigenvalue weighted by atomic mass is 9.96. The molecule has 0 saturated carbocycles. The number of methoxy groups -OCH3 is 2. The Labute approximate surface area is 339 Å². The summed E-state index contributed by atoms with van der Waals surface area (Å²) in [7, 11) is 9.02. The first-order valence-electron chi connectivity index (χ1n) is 19.3. The fraction of sp³-hybridized carbons (Fsp3) is 0.463. The van der Waals surface area contributed by atoms with E-state index in [9.17, 15) is 19.2 Å². The van der Waals surface area contributed by atoms with Crippen LogP contribution < -0.4 is 16.2 Å². The molecule has 0 aliphatic carbocycles. The number of H-pyrrole nitrogens is 2. The topological polar surface area (TPSA) is 175 Å². The van der Waals surface area contributed by atoms with Crippen LogP contribution in [0.5, 0.6) is 0 Å². The van der Waals surface area contributed by atoms with Gasteiger partial charge in [-0.2, -0.15) is 11.8 Å². The van der Waals surface area contributed by atoms with Gasteiger partial charge in [-0.15, -0.1) is 0 Å². The molecule has 4 amide bonds. The summed E-state index contributed by atoms with van der Waals surface area (Å²) in [6, 6.07) is 14.2. The van der Waals surface area contributed by atoms with Crippen molar-refractivity contribution in [1.29, 1.82) is 0 Å². The number of nitrogens with zero attached hydrogens (tertiary/aromatic N) is 4. The number of hydrogen-bond acceptors (Lipinski definition) is 9. The Morgan fingerprint density at radius 1 is 0.789 bits per heavy atom. The van der Waals surface area contributed by atoms with Crippen LogP contribution in [-0.2, 0) is 19.1 Å². The van der Waals surface area contributed by atoms with Crippen LogP contribution in [0.4, 0.5) is 9.59 Å². The number of aromatic nitrogens is 4. The maximum atomic E-state index is 13.8. The minimum absolute atomic E-state index is 0.127. The Morgan fingerprint density at radius 3 is 1.88 bits per heavy atom. The van der Waals surface area contributed by atoms with Crippen LogP contribution in [-0.4, -0.2) is 112 Å². The summed E-state index contributed by atoms with van der Waals surface area (Å²) in [4.78, 5) is 71.3. The predicted molar refractivity (Wildman–Crippen MR) is 221 cm³/mol. The van der Waals surface area contributed by atoms with Crippen molar-refractivity contribution in [2.75, 3.05) is 33.6 Å². The normalized spacial score (nSPS) is 19.1. The molecule has 0 bridgehead atoms. The highest BCUT2D eigenvalue weighted by Crippen LogP contribution is 2.38. The lowest BCUT2D eigenvalue weighted by Crippen LogP contribution is -2.51. The third kappa shape index (κ3) is 9.00. The van der Waals surface area contributed by atoms with Crippen molar-refractivity contribution in [1.82, 2.24) is 40.4 Å². The molecule has 2 aromatic carbocycles. The van der Waals surface area contributed by atoms with Crippen LogP contribution in [0.25, 0.3) is 33.6 Å². The fourth-order valence-corrected chi connectivity index (χ4v) is 8.33. The van der Waals surface area contributed by atoms with E-state index in [1.54, 1.807) is 22.9 Å². The lowest BCUT2D eigenvalue weighted by Gasteiger charge is -2.30. The average molecular weight is 795 g/mol. The smallest absolute Gasteiger partial charge is 0.407 e. The zero-order chi connectivity index (χ0) is 41.0. The number of likely N-dealkylation sites (tertiary alicyclic amines) is 2. The highest BCUT2D eigenvalue weighted by atomic mass is 32.2. The molecule has 2 aromatic heterocycles. The SMILES string of the molecule is [B]c1[nH]c([C@@H]2CCCN2C(=O)[C@@H](NC(=O)OC)C(C)C)nc1-c1ccc(-c2ccc(-c3cnc([C@@H]4C[C@H](SC)CN4C(=O)[C@@H](NC(=O)OC)C(C)C)[nH]3)cc2)cc1. The summed E-state index contributed by atoms with van der Waals surface area (Å²) in [5.41, 5.74) is 5.70. The number of rotatable bonds is 12. The van der Waals surface area contributed by atoms with Gasteiger partial charge in [0.1, 0.15) is 31.6 Å². The van der Waals surface area contributed by atoms with E-state index in [4.69, 9.17) is 27.3 Å². The van der Waals surface area contributed by atoms with Gasteiger partial charge in [-0.25, -0.2) is 19.6 Å². The summed E-state index contributed by atoms with van der Waals surface area (Å²) in [6.45, 7) is 8.68. The van der Waals surface area contributed by atoms with Crippen LogP contribution in [0.15, 0.2) is 54.7 Å². The highest BCUT2D eigenvalue weighted by Gasteiger charge is 2.41. The molecular weight excluding hydrogens is 743 g/mol. The third-order valence-electron chi connectivity index (χ3n) is 10.9. The van der Waals surface area contributed by atoms with Crippen molar-refractivity contribution >= 4 is 49.2 Å². The Kier molecular flexibility index (Phi) is 13.0. The predicted octanol–water partition coefficient (Wildman–Crippen LogP) is 5.36. The van der Waals surface area contributed by atoms with E-state index in [1.807, 2.05) is 75.2 Å². The number of nitrogens with one attached hydrogen (secondary N) is 4. The molecule has 2 saturated heterocycles. The van der Waals surface area contributed by atoms with Crippen molar-refractivity contribution in [3.63, 3.8) is 0 Å². The second-order valence-electron chi connectivity index (χ2n) is 15.2. The number of benzene rings is 2. The van der Waals surface area contributed by atoms with Crippen molar-refractivity contribution in [3.05, 3.63) is 66.4 Å². The van der Waals surface area contributed by atoms with Gasteiger partial charge in [0.2, 0.25) is 11.8 Å². The van der Waals surface area contributed by atoms with E-state index >= 15 is 0 Å². The third-order valence-corrected chi connectivity index (χ3v) is 11.9. The molecule has 2 fully saturated rings. The van der Waals surface area contributed by atoms with Crippen molar-refractivity contribution in [2.45, 2.75) is 76.4 Å². The van der Waals surface area contributed by atoms with Crippen molar-refractivity contribution in [3.8, 4) is 33.6 Å². The Balaban J connectivity index is 1.14. The summed E-state index contributed by atoms with van der Waals surface area (Å²) >= 11 is 1.72. The van der Waals surface area contributed by atoms with E-state index in [1.165, 1.54) is 14.2 Å². The average Bonchev–Trinajstić information content (AvgIpc) is 4.04. The summed E-state index contributed by atoms with van der Waals surface area (Å²) in [5.74, 6) is 0.726. The second-order valence-corrected chi connectivity index (χ2v) is 16.4. The zero-order valence-electron chi connectivity index (χ0n) is 33.5. The highest BCUT2D eigenvalue weighted by molar-refractivity contribution is 7.99. The van der Waals surface area contributed by atoms with Gasteiger partial charge in [-0.3, -0.25) is 9.59 Å². The molecule has 14 nitrogen and oxygen atoms in total. The number of thioether (sulfide) groups is 1. The maximum Gasteiger partial charge on any atom is 0.407 e. The quantitative estimate of drug-likeness (QED) is 0.138. The number of alkyl carbamates (subject to hydrolysis) is 2. The summed E-state index contributed by atoms with van der Waals surface area (Å²) in [5, 5.41) is 5.64. The number of imidazole rings is 2. The molecule has 4 aromatic rings. The molecule has 5 atom stereocenters. The Morgan fingerprint density at radius 2 is 1.33 bits per heavy atom. The number of carbonyl (C=O) groups excluding carboxylic acids is 4. The van der Waals surface area contributed by atoms with Gasteiger partial charge >= 0.3 is 12.2 Å². The van der Waals surface area contributed by atoms with E-state index in [-0.39, 0.29) is 41.0 Å². The molecular formula is C41H51BN8O6S. The molecule has 4 heterocycles.